The lowest BCUT2D eigenvalue weighted by Crippen LogP contribution is -2.66. The Kier molecular flexibility index (Phi) is 1.84. The van der Waals surface area contributed by atoms with E-state index in [9.17, 15) is 4.79 Å². The van der Waals surface area contributed by atoms with Gasteiger partial charge in [0.2, 0.25) is 5.79 Å². The monoisotopic (exact) mass is 223 g/mol. The molecule has 0 spiro atoms. The van der Waals surface area contributed by atoms with Gasteiger partial charge in [0.15, 0.2) is 5.60 Å². The molecule has 2 aliphatic rings. The van der Waals surface area contributed by atoms with Crippen LogP contribution < -0.4 is 5.56 Å². The lowest BCUT2D eigenvalue weighted by molar-refractivity contribution is -0.621. The van der Waals surface area contributed by atoms with Crippen molar-refractivity contribution in [3.05, 3.63) is 33.7 Å². The molecule has 1 saturated heterocycles. The minimum absolute atomic E-state index is 0.122. The fourth-order valence-corrected chi connectivity index (χ4v) is 2.50. The minimum Gasteiger partial charge on any atom is -0.340 e. The molecule has 0 aliphatic carbocycles. The van der Waals surface area contributed by atoms with E-state index < -0.39 is 11.4 Å². The van der Waals surface area contributed by atoms with Crippen LogP contribution in [0.3, 0.4) is 0 Å². The van der Waals surface area contributed by atoms with E-state index in [4.69, 9.17) is 14.5 Å². The average Bonchev–Trinajstić information content (AvgIpc) is 2.26. The topological polar surface area (TPSA) is 60.6 Å². The second-order valence-electron chi connectivity index (χ2n) is 4.28. The van der Waals surface area contributed by atoms with Crippen LogP contribution in [0.25, 0.3) is 0 Å². The van der Waals surface area contributed by atoms with E-state index in [1.54, 1.807) is 6.20 Å². The molecule has 1 aromatic heterocycles. The Hall–Kier alpha value is -1.17. The molecule has 0 amide bonds. The van der Waals surface area contributed by atoms with Gasteiger partial charge in [0.05, 0.1) is 6.61 Å². The molecule has 1 N–H and O–H groups in total. The van der Waals surface area contributed by atoms with Crippen LogP contribution in [0.2, 0.25) is 0 Å². The van der Waals surface area contributed by atoms with Gasteiger partial charge in [0.25, 0.3) is 5.56 Å². The molecule has 1 unspecified atom stereocenters. The summed E-state index contributed by atoms with van der Waals surface area (Å²) in [5, 5.41) is 0. The van der Waals surface area contributed by atoms with E-state index in [1.165, 1.54) is 0 Å². The van der Waals surface area contributed by atoms with Crippen LogP contribution in [-0.2, 0) is 26.7 Å². The highest BCUT2D eigenvalue weighted by molar-refractivity contribution is 5.34. The van der Waals surface area contributed by atoms with Crippen molar-refractivity contribution in [2.24, 2.45) is 0 Å². The third-order valence-electron chi connectivity index (χ3n) is 3.57. The number of fused-ring (bicyclic) bond motifs is 3. The molecule has 5 heteroatoms. The van der Waals surface area contributed by atoms with E-state index in [0.717, 1.165) is 5.56 Å². The zero-order valence-corrected chi connectivity index (χ0v) is 9.20. The third kappa shape index (κ3) is 0.935. The van der Waals surface area contributed by atoms with Crippen LogP contribution in [-0.4, -0.2) is 10.8 Å². The standard InChI is InChI=1S/C11H13NO4/c1-3-11-8-4-5-12-9(13)7(8)6-14-10(11,2)15-16-11/h4-5H,3,6H2,1-2H3,(H,12,13)/t10?,11-/m1/s1. The Morgan fingerprint density at radius 1 is 1.50 bits per heavy atom. The van der Waals surface area contributed by atoms with Gasteiger partial charge in [-0.3, -0.25) is 4.79 Å². The van der Waals surface area contributed by atoms with Gasteiger partial charge in [0, 0.05) is 17.3 Å². The van der Waals surface area contributed by atoms with E-state index in [-0.39, 0.29) is 12.2 Å². The van der Waals surface area contributed by atoms with Gasteiger partial charge < -0.3 is 9.72 Å². The van der Waals surface area contributed by atoms with E-state index >= 15 is 0 Å². The van der Waals surface area contributed by atoms with E-state index in [0.29, 0.717) is 12.0 Å². The van der Waals surface area contributed by atoms with Gasteiger partial charge >= 0.3 is 0 Å². The Morgan fingerprint density at radius 3 is 2.94 bits per heavy atom. The Labute approximate surface area is 92.3 Å². The minimum atomic E-state index is -0.775. The number of H-pyrrole nitrogens is 1. The lowest BCUT2D eigenvalue weighted by atomic mass is 9.78. The van der Waals surface area contributed by atoms with Gasteiger partial charge in [-0.2, -0.15) is 4.89 Å². The zero-order valence-electron chi connectivity index (χ0n) is 9.20. The normalized spacial score (nSPS) is 36.1. The Morgan fingerprint density at radius 2 is 2.31 bits per heavy atom. The maximum absolute atomic E-state index is 11.7. The first-order valence-electron chi connectivity index (χ1n) is 5.35. The number of pyridine rings is 1. The number of aromatic nitrogens is 1. The molecule has 2 aliphatic heterocycles. The summed E-state index contributed by atoms with van der Waals surface area (Å²) in [5.41, 5.74) is 0.737. The summed E-state index contributed by atoms with van der Waals surface area (Å²) in [6.45, 7) is 4.08. The molecule has 3 heterocycles. The number of hydrogen-bond acceptors (Lipinski definition) is 4. The van der Waals surface area contributed by atoms with Crippen LogP contribution in [0.1, 0.15) is 31.4 Å². The van der Waals surface area contributed by atoms with Gasteiger partial charge in [-0.1, -0.05) is 6.92 Å². The molecule has 1 aromatic rings. The summed E-state index contributed by atoms with van der Waals surface area (Å²) in [4.78, 5) is 24.7. The third-order valence-corrected chi connectivity index (χ3v) is 3.57. The molecule has 86 valence electrons. The Bertz CT molecular complexity index is 493. The van der Waals surface area contributed by atoms with Crippen molar-refractivity contribution in [3.63, 3.8) is 0 Å². The Balaban J connectivity index is 2.24. The highest BCUT2D eigenvalue weighted by Crippen LogP contribution is 2.54. The summed E-state index contributed by atoms with van der Waals surface area (Å²) in [6, 6.07) is 1.86. The molecule has 0 bridgehead atoms. The number of hydrogen-bond donors (Lipinski definition) is 1. The first-order valence-corrected chi connectivity index (χ1v) is 5.35. The SMILES string of the molecule is CC[C@]12OOC1(C)OCc1c2cc[nH]c1=O. The quantitative estimate of drug-likeness (QED) is 0.726. The van der Waals surface area contributed by atoms with Crippen LogP contribution in [0, 0.1) is 0 Å². The number of rotatable bonds is 1. The fraction of sp³-hybridized carbons (Fsp3) is 0.545. The summed E-state index contributed by atoms with van der Waals surface area (Å²) in [7, 11) is 0. The highest BCUT2D eigenvalue weighted by Gasteiger charge is 2.65. The van der Waals surface area contributed by atoms with Crippen molar-refractivity contribution in [1.82, 2.24) is 4.98 Å². The molecule has 0 aromatic carbocycles. The fourth-order valence-electron chi connectivity index (χ4n) is 2.50. The van der Waals surface area contributed by atoms with Crippen molar-refractivity contribution in [3.8, 4) is 0 Å². The van der Waals surface area contributed by atoms with E-state index in [1.807, 2.05) is 19.9 Å². The smallest absolute Gasteiger partial charge is 0.253 e. The van der Waals surface area contributed by atoms with Crippen molar-refractivity contribution in [2.45, 2.75) is 38.3 Å². The number of aromatic amines is 1. The van der Waals surface area contributed by atoms with Crippen LogP contribution >= 0.6 is 0 Å². The molecule has 16 heavy (non-hydrogen) atoms. The largest absolute Gasteiger partial charge is 0.340 e. The maximum Gasteiger partial charge on any atom is 0.253 e. The van der Waals surface area contributed by atoms with Gasteiger partial charge in [-0.15, -0.1) is 0 Å². The van der Waals surface area contributed by atoms with Crippen molar-refractivity contribution < 1.29 is 14.5 Å². The first kappa shape index (κ1) is 10.0. The highest BCUT2D eigenvalue weighted by atomic mass is 17.3. The summed E-state index contributed by atoms with van der Waals surface area (Å²) in [6.07, 6.45) is 2.33. The van der Waals surface area contributed by atoms with Crippen LogP contribution in [0.15, 0.2) is 17.1 Å². The maximum atomic E-state index is 11.7. The molecule has 1 fully saturated rings. The number of nitrogens with one attached hydrogen (secondary N) is 1. The van der Waals surface area contributed by atoms with E-state index in [2.05, 4.69) is 4.98 Å². The first-order chi connectivity index (χ1) is 7.63. The second kappa shape index (κ2) is 2.94. The molecule has 3 rings (SSSR count). The zero-order chi connectivity index (χ0) is 11.4. The van der Waals surface area contributed by atoms with Gasteiger partial charge in [0.1, 0.15) is 0 Å². The summed E-state index contributed by atoms with van der Waals surface area (Å²) < 4.78 is 5.60. The lowest BCUT2D eigenvalue weighted by Gasteiger charge is -2.56. The molecule has 5 nitrogen and oxygen atoms in total. The van der Waals surface area contributed by atoms with Crippen molar-refractivity contribution in [1.29, 1.82) is 0 Å². The van der Waals surface area contributed by atoms with Gasteiger partial charge in [-0.05, 0) is 19.4 Å². The van der Waals surface area contributed by atoms with Crippen molar-refractivity contribution in [2.75, 3.05) is 0 Å². The molecular formula is C11H13NO4. The predicted octanol–water partition coefficient (Wildman–Crippen LogP) is 1.19. The molecule has 0 saturated carbocycles. The van der Waals surface area contributed by atoms with Crippen LogP contribution in [0.5, 0.6) is 0 Å². The molecule has 0 radical (unpaired) electrons. The molecule has 2 atom stereocenters. The second-order valence-corrected chi connectivity index (χ2v) is 4.28. The predicted molar refractivity (Wildman–Crippen MR) is 54.4 cm³/mol. The summed E-state index contributed by atoms with van der Waals surface area (Å²) >= 11 is 0. The average molecular weight is 223 g/mol. The van der Waals surface area contributed by atoms with Crippen molar-refractivity contribution >= 4 is 0 Å². The molecular weight excluding hydrogens is 210 g/mol. The van der Waals surface area contributed by atoms with Gasteiger partial charge in [-0.25, -0.2) is 4.89 Å². The summed E-state index contributed by atoms with van der Waals surface area (Å²) in [5.74, 6) is -0.775. The van der Waals surface area contributed by atoms with Crippen LogP contribution in [0.4, 0.5) is 0 Å². The number of ether oxygens (including phenoxy) is 1.